The van der Waals surface area contributed by atoms with E-state index in [1.807, 2.05) is 61.7 Å². The molecule has 0 unspecified atom stereocenters. The van der Waals surface area contributed by atoms with Crippen molar-refractivity contribution in [1.82, 2.24) is 19.5 Å². The van der Waals surface area contributed by atoms with Crippen molar-refractivity contribution in [3.63, 3.8) is 0 Å². The number of carbonyl (C=O) groups is 1. The second-order valence-corrected chi connectivity index (χ2v) is 8.23. The maximum absolute atomic E-state index is 12.7. The third-order valence-corrected chi connectivity index (χ3v) is 4.89. The molecular weight excluding hydrogens is 378 g/mol. The summed E-state index contributed by atoms with van der Waals surface area (Å²) in [5.41, 5.74) is 3.10. The summed E-state index contributed by atoms with van der Waals surface area (Å²) in [7, 11) is 0. The van der Waals surface area contributed by atoms with Gasteiger partial charge in [-0.05, 0) is 43.3 Å². The van der Waals surface area contributed by atoms with Crippen LogP contribution in [0.25, 0.3) is 16.7 Å². The fourth-order valence-corrected chi connectivity index (χ4v) is 3.27. The molecule has 7 heteroatoms. The SMILES string of the molecule is Cc1nc(C(C)(C)C)[nH]c(=O)c1C(=O)Nc1ccc(-n2cnc3ccccc32)cc1. The van der Waals surface area contributed by atoms with Crippen LogP contribution >= 0.6 is 0 Å². The summed E-state index contributed by atoms with van der Waals surface area (Å²) in [4.78, 5) is 36.8. The molecule has 4 rings (SSSR count). The van der Waals surface area contributed by atoms with Crippen LogP contribution in [0.15, 0.2) is 59.7 Å². The lowest BCUT2D eigenvalue weighted by atomic mass is 9.95. The topological polar surface area (TPSA) is 92.7 Å². The molecule has 0 bridgehead atoms. The molecular formula is C23H23N5O2. The van der Waals surface area contributed by atoms with E-state index in [9.17, 15) is 9.59 Å². The smallest absolute Gasteiger partial charge is 0.264 e. The van der Waals surface area contributed by atoms with Crippen molar-refractivity contribution in [1.29, 1.82) is 0 Å². The van der Waals surface area contributed by atoms with Gasteiger partial charge in [0.25, 0.3) is 11.5 Å². The molecule has 2 N–H and O–H groups in total. The number of nitrogens with one attached hydrogen (secondary N) is 2. The lowest BCUT2D eigenvalue weighted by Gasteiger charge is -2.18. The van der Waals surface area contributed by atoms with E-state index in [0.717, 1.165) is 16.7 Å². The second kappa shape index (κ2) is 7.26. The van der Waals surface area contributed by atoms with E-state index in [-0.39, 0.29) is 11.0 Å². The van der Waals surface area contributed by atoms with Gasteiger partial charge in [0, 0.05) is 16.8 Å². The minimum absolute atomic E-state index is 0.0210. The van der Waals surface area contributed by atoms with Crippen molar-refractivity contribution in [3.8, 4) is 5.69 Å². The molecule has 0 saturated carbocycles. The van der Waals surface area contributed by atoms with Crippen LogP contribution in [-0.2, 0) is 5.41 Å². The molecule has 0 fully saturated rings. The number of anilines is 1. The van der Waals surface area contributed by atoms with E-state index < -0.39 is 11.5 Å². The Morgan fingerprint density at radius 3 is 2.43 bits per heavy atom. The highest BCUT2D eigenvalue weighted by Gasteiger charge is 2.22. The van der Waals surface area contributed by atoms with Gasteiger partial charge in [0.2, 0.25) is 0 Å². The average molecular weight is 401 g/mol. The highest BCUT2D eigenvalue weighted by molar-refractivity contribution is 6.04. The van der Waals surface area contributed by atoms with Crippen LogP contribution < -0.4 is 10.9 Å². The number of fused-ring (bicyclic) bond motifs is 1. The lowest BCUT2D eigenvalue weighted by Crippen LogP contribution is -2.30. The van der Waals surface area contributed by atoms with Crippen LogP contribution in [0.1, 0.15) is 42.6 Å². The Hall–Kier alpha value is -3.74. The Morgan fingerprint density at radius 1 is 1.07 bits per heavy atom. The van der Waals surface area contributed by atoms with Gasteiger partial charge in [0.15, 0.2) is 0 Å². The van der Waals surface area contributed by atoms with Crippen LogP contribution in [0, 0.1) is 6.92 Å². The number of rotatable bonds is 3. The van der Waals surface area contributed by atoms with Crippen LogP contribution in [0.3, 0.4) is 0 Å². The Morgan fingerprint density at radius 2 is 1.77 bits per heavy atom. The molecule has 0 spiro atoms. The zero-order valence-corrected chi connectivity index (χ0v) is 17.4. The highest BCUT2D eigenvalue weighted by Crippen LogP contribution is 2.21. The Balaban J connectivity index is 1.58. The van der Waals surface area contributed by atoms with Crippen molar-refractivity contribution in [2.45, 2.75) is 33.1 Å². The van der Waals surface area contributed by atoms with Gasteiger partial charge in [0.05, 0.1) is 16.7 Å². The first kappa shape index (κ1) is 19.6. The number of para-hydroxylation sites is 2. The minimum atomic E-state index is -0.484. The third kappa shape index (κ3) is 3.61. The molecule has 2 aromatic carbocycles. The maximum Gasteiger partial charge on any atom is 0.264 e. The quantitative estimate of drug-likeness (QED) is 0.543. The molecule has 0 aliphatic carbocycles. The molecule has 152 valence electrons. The van der Waals surface area contributed by atoms with Crippen molar-refractivity contribution >= 4 is 22.6 Å². The molecule has 0 saturated heterocycles. The predicted octanol–water partition coefficient (Wildman–Crippen LogP) is 3.97. The van der Waals surface area contributed by atoms with E-state index in [4.69, 9.17) is 0 Å². The fraction of sp³-hybridized carbons (Fsp3) is 0.217. The number of aromatic nitrogens is 4. The van der Waals surface area contributed by atoms with Crippen molar-refractivity contribution in [2.75, 3.05) is 5.32 Å². The van der Waals surface area contributed by atoms with Gasteiger partial charge in [-0.15, -0.1) is 0 Å². The molecule has 30 heavy (non-hydrogen) atoms. The monoisotopic (exact) mass is 401 g/mol. The van der Waals surface area contributed by atoms with Crippen LogP contribution in [0.5, 0.6) is 0 Å². The van der Waals surface area contributed by atoms with E-state index in [1.54, 1.807) is 25.4 Å². The van der Waals surface area contributed by atoms with Gasteiger partial charge in [-0.25, -0.2) is 9.97 Å². The Kier molecular flexibility index (Phi) is 4.73. The summed E-state index contributed by atoms with van der Waals surface area (Å²) in [6.45, 7) is 7.53. The van der Waals surface area contributed by atoms with E-state index in [2.05, 4.69) is 20.3 Å². The predicted molar refractivity (Wildman–Crippen MR) is 117 cm³/mol. The molecule has 2 aromatic heterocycles. The van der Waals surface area contributed by atoms with Crippen LogP contribution in [0.2, 0.25) is 0 Å². The first-order valence-corrected chi connectivity index (χ1v) is 9.69. The van der Waals surface area contributed by atoms with Crippen LogP contribution in [-0.4, -0.2) is 25.4 Å². The summed E-state index contributed by atoms with van der Waals surface area (Å²) < 4.78 is 1.98. The summed E-state index contributed by atoms with van der Waals surface area (Å²) in [6.07, 6.45) is 1.77. The number of aryl methyl sites for hydroxylation is 1. The van der Waals surface area contributed by atoms with E-state index in [1.165, 1.54) is 0 Å². The van der Waals surface area contributed by atoms with Gasteiger partial charge in [-0.1, -0.05) is 32.9 Å². The largest absolute Gasteiger partial charge is 0.322 e. The number of nitrogens with zero attached hydrogens (tertiary/aromatic N) is 3. The third-order valence-electron chi connectivity index (χ3n) is 4.89. The van der Waals surface area contributed by atoms with Gasteiger partial charge in [0.1, 0.15) is 17.7 Å². The number of carbonyl (C=O) groups excluding carboxylic acids is 1. The normalized spacial score (nSPS) is 11.6. The number of benzene rings is 2. The van der Waals surface area contributed by atoms with E-state index in [0.29, 0.717) is 17.2 Å². The van der Waals surface area contributed by atoms with Gasteiger partial charge < -0.3 is 10.3 Å². The first-order chi connectivity index (χ1) is 14.2. The first-order valence-electron chi connectivity index (χ1n) is 9.69. The zero-order chi connectivity index (χ0) is 21.5. The molecule has 1 amide bonds. The number of H-pyrrole nitrogens is 1. The second-order valence-electron chi connectivity index (χ2n) is 8.23. The molecule has 0 aliphatic heterocycles. The average Bonchev–Trinajstić information content (AvgIpc) is 3.11. The van der Waals surface area contributed by atoms with Gasteiger partial charge >= 0.3 is 0 Å². The van der Waals surface area contributed by atoms with Crippen LogP contribution in [0.4, 0.5) is 5.69 Å². The number of hydrogen-bond acceptors (Lipinski definition) is 4. The highest BCUT2D eigenvalue weighted by atomic mass is 16.2. The maximum atomic E-state index is 12.7. The Bertz CT molecular complexity index is 1290. The molecule has 2 heterocycles. The molecule has 0 radical (unpaired) electrons. The molecule has 4 aromatic rings. The number of imidazole rings is 1. The fourth-order valence-electron chi connectivity index (χ4n) is 3.27. The van der Waals surface area contributed by atoms with Crippen molar-refractivity contribution in [3.05, 3.63) is 82.3 Å². The number of aromatic amines is 1. The number of amides is 1. The zero-order valence-electron chi connectivity index (χ0n) is 17.4. The molecule has 7 nitrogen and oxygen atoms in total. The van der Waals surface area contributed by atoms with Crippen molar-refractivity contribution < 1.29 is 4.79 Å². The summed E-state index contributed by atoms with van der Waals surface area (Å²) in [5.74, 6) is 0.0704. The summed E-state index contributed by atoms with van der Waals surface area (Å²) >= 11 is 0. The minimum Gasteiger partial charge on any atom is -0.322 e. The standard InChI is InChI=1S/C23H23N5O2/c1-14-19(21(30)27-22(25-14)23(2,3)4)20(29)26-15-9-11-16(12-10-15)28-13-24-17-7-5-6-8-18(17)28/h5-13H,1-4H3,(H,26,29)(H,25,27,30). The van der Waals surface area contributed by atoms with Gasteiger partial charge in [-0.3, -0.25) is 14.2 Å². The number of hydrogen-bond donors (Lipinski definition) is 2. The van der Waals surface area contributed by atoms with E-state index >= 15 is 0 Å². The van der Waals surface area contributed by atoms with Gasteiger partial charge in [-0.2, -0.15) is 0 Å². The lowest BCUT2D eigenvalue weighted by molar-refractivity contribution is 0.102. The summed E-state index contributed by atoms with van der Waals surface area (Å²) in [6, 6.07) is 15.2. The Labute approximate surface area is 173 Å². The van der Waals surface area contributed by atoms with Crippen molar-refractivity contribution in [2.24, 2.45) is 0 Å². The summed E-state index contributed by atoms with van der Waals surface area (Å²) in [5, 5.41) is 2.78. The molecule has 0 atom stereocenters. The molecule has 0 aliphatic rings.